The first-order chi connectivity index (χ1) is 6.74. The number of aliphatic hydroxyl groups excluding tert-OH is 1. The van der Waals surface area contributed by atoms with Gasteiger partial charge in [0.25, 0.3) is 0 Å². The summed E-state index contributed by atoms with van der Waals surface area (Å²) in [5.74, 6) is 0. The number of aliphatic hydroxyl groups is 1. The van der Waals surface area contributed by atoms with E-state index in [1.54, 1.807) is 4.68 Å². The maximum atomic E-state index is 9.71. The molecular weight excluding hydrogens is 178 g/mol. The van der Waals surface area contributed by atoms with E-state index in [-0.39, 0.29) is 6.54 Å². The summed E-state index contributed by atoms with van der Waals surface area (Å²) in [4.78, 5) is 0. The average molecular weight is 191 g/mol. The van der Waals surface area contributed by atoms with Crippen LogP contribution in [0, 0.1) is 0 Å². The molecule has 2 rings (SSSR count). The van der Waals surface area contributed by atoms with Crippen molar-refractivity contribution >= 4 is 10.9 Å². The van der Waals surface area contributed by atoms with Crippen LogP contribution in [-0.2, 0) is 7.05 Å². The van der Waals surface area contributed by atoms with Crippen molar-refractivity contribution in [2.45, 2.75) is 6.10 Å². The second-order valence-electron chi connectivity index (χ2n) is 3.28. The van der Waals surface area contributed by atoms with Crippen LogP contribution in [0.2, 0.25) is 0 Å². The van der Waals surface area contributed by atoms with Gasteiger partial charge in [0.05, 0.1) is 11.2 Å². The van der Waals surface area contributed by atoms with Gasteiger partial charge >= 0.3 is 0 Å². The molecule has 0 fully saturated rings. The van der Waals surface area contributed by atoms with Crippen LogP contribution in [0.4, 0.5) is 0 Å². The molecule has 0 amide bonds. The van der Waals surface area contributed by atoms with Crippen molar-refractivity contribution in [3.8, 4) is 0 Å². The molecule has 0 spiro atoms. The van der Waals surface area contributed by atoms with Gasteiger partial charge in [-0.1, -0.05) is 18.2 Å². The Bertz CT molecular complexity index is 450. The maximum absolute atomic E-state index is 9.71. The lowest BCUT2D eigenvalue weighted by Gasteiger charge is -2.08. The van der Waals surface area contributed by atoms with E-state index in [9.17, 15) is 5.11 Å². The molecular formula is C10H13N3O. The third kappa shape index (κ3) is 1.29. The zero-order valence-electron chi connectivity index (χ0n) is 8.01. The van der Waals surface area contributed by atoms with Gasteiger partial charge < -0.3 is 10.8 Å². The highest BCUT2D eigenvalue weighted by Gasteiger charge is 2.14. The van der Waals surface area contributed by atoms with Gasteiger partial charge in [0.15, 0.2) is 0 Å². The average Bonchev–Trinajstić information content (AvgIpc) is 2.53. The third-order valence-electron chi connectivity index (χ3n) is 2.33. The summed E-state index contributed by atoms with van der Waals surface area (Å²) in [6.45, 7) is 0.212. The molecule has 1 aromatic heterocycles. The minimum absolute atomic E-state index is 0.212. The Hall–Kier alpha value is -1.39. The molecule has 14 heavy (non-hydrogen) atoms. The molecule has 0 radical (unpaired) electrons. The fourth-order valence-electron chi connectivity index (χ4n) is 1.67. The minimum atomic E-state index is -0.646. The Kier molecular flexibility index (Phi) is 2.23. The van der Waals surface area contributed by atoms with Gasteiger partial charge in [0, 0.05) is 19.0 Å². The minimum Gasteiger partial charge on any atom is -0.385 e. The molecule has 0 bridgehead atoms. The second-order valence-corrected chi connectivity index (χ2v) is 3.28. The van der Waals surface area contributed by atoms with E-state index >= 15 is 0 Å². The highest BCUT2D eigenvalue weighted by molar-refractivity contribution is 5.81. The molecule has 4 heteroatoms. The van der Waals surface area contributed by atoms with Crippen LogP contribution in [0.5, 0.6) is 0 Å². The molecule has 0 aliphatic carbocycles. The lowest BCUT2D eigenvalue weighted by atomic mass is 10.1. The zero-order valence-corrected chi connectivity index (χ0v) is 8.01. The van der Waals surface area contributed by atoms with E-state index in [1.165, 1.54) is 0 Å². The quantitative estimate of drug-likeness (QED) is 0.729. The Morgan fingerprint density at radius 3 is 2.93 bits per heavy atom. The number of fused-ring (bicyclic) bond motifs is 1. The van der Waals surface area contributed by atoms with Gasteiger partial charge in [0.1, 0.15) is 6.10 Å². The van der Waals surface area contributed by atoms with Crippen LogP contribution in [0.1, 0.15) is 11.8 Å². The van der Waals surface area contributed by atoms with E-state index < -0.39 is 6.10 Å². The molecule has 0 unspecified atom stereocenters. The van der Waals surface area contributed by atoms with Crippen LogP contribution < -0.4 is 5.73 Å². The first kappa shape index (κ1) is 9.18. The van der Waals surface area contributed by atoms with Crippen molar-refractivity contribution in [2.24, 2.45) is 12.8 Å². The van der Waals surface area contributed by atoms with Gasteiger partial charge in [-0.05, 0) is 6.07 Å². The van der Waals surface area contributed by atoms with Crippen molar-refractivity contribution < 1.29 is 5.11 Å². The lowest BCUT2D eigenvalue weighted by molar-refractivity contribution is 0.178. The molecule has 1 heterocycles. The van der Waals surface area contributed by atoms with E-state index in [0.717, 1.165) is 16.6 Å². The van der Waals surface area contributed by atoms with Gasteiger partial charge in [-0.25, -0.2) is 0 Å². The Balaban J connectivity index is 2.67. The number of rotatable bonds is 2. The standard InChI is InChI=1S/C10H13N3O/c1-13-10(9(14)6-11)7-4-2-3-5-8(7)12-13/h2-5,9,14H,6,11H2,1H3/t9-/m0/s1. The van der Waals surface area contributed by atoms with Gasteiger partial charge in [0.2, 0.25) is 0 Å². The normalized spacial score (nSPS) is 13.4. The lowest BCUT2D eigenvalue weighted by Crippen LogP contribution is -2.15. The second kappa shape index (κ2) is 3.40. The van der Waals surface area contributed by atoms with E-state index in [4.69, 9.17) is 5.73 Å². The van der Waals surface area contributed by atoms with Crippen molar-refractivity contribution in [1.82, 2.24) is 9.78 Å². The number of aryl methyl sites for hydroxylation is 1. The van der Waals surface area contributed by atoms with Crippen LogP contribution >= 0.6 is 0 Å². The van der Waals surface area contributed by atoms with Crippen LogP contribution in [-0.4, -0.2) is 21.4 Å². The van der Waals surface area contributed by atoms with Gasteiger partial charge in [-0.3, -0.25) is 4.68 Å². The predicted octanol–water partition coefficient (Wildman–Crippen LogP) is 0.565. The summed E-state index contributed by atoms with van der Waals surface area (Å²) >= 11 is 0. The SMILES string of the molecule is Cn1nc2ccccc2c1[C@@H](O)CN. The van der Waals surface area contributed by atoms with E-state index in [2.05, 4.69) is 5.10 Å². The zero-order chi connectivity index (χ0) is 10.1. The molecule has 74 valence electrons. The summed E-state index contributed by atoms with van der Waals surface area (Å²) in [7, 11) is 1.81. The number of aromatic nitrogens is 2. The monoisotopic (exact) mass is 191 g/mol. The highest BCUT2D eigenvalue weighted by atomic mass is 16.3. The fraction of sp³-hybridized carbons (Fsp3) is 0.300. The summed E-state index contributed by atoms with van der Waals surface area (Å²) in [6, 6.07) is 7.71. The van der Waals surface area contributed by atoms with Crippen LogP contribution in [0.15, 0.2) is 24.3 Å². The number of benzene rings is 1. The summed E-state index contributed by atoms with van der Waals surface area (Å²) in [6.07, 6.45) is -0.646. The van der Waals surface area contributed by atoms with Crippen molar-refractivity contribution in [3.63, 3.8) is 0 Å². The van der Waals surface area contributed by atoms with Crippen LogP contribution in [0.25, 0.3) is 10.9 Å². The topological polar surface area (TPSA) is 64.1 Å². The third-order valence-corrected chi connectivity index (χ3v) is 2.33. The molecule has 2 aromatic rings. The smallest absolute Gasteiger partial charge is 0.108 e. The molecule has 3 N–H and O–H groups in total. The molecule has 0 saturated carbocycles. The molecule has 1 atom stereocenters. The number of hydrogen-bond donors (Lipinski definition) is 2. The van der Waals surface area contributed by atoms with Crippen molar-refractivity contribution in [1.29, 1.82) is 0 Å². The number of nitrogens with zero attached hydrogens (tertiary/aromatic N) is 2. The largest absolute Gasteiger partial charge is 0.385 e. The maximum Gasteiger partial charge on any atom is 0.108 e. The number of hydrogen-bond acceptors (Lipinski definition) is 3. The number of nitrogens with two attached hydrogens (primary N) is 1. The summed E-state index contributed by atoms with van der Waals surface area (Å²) in [5.41, 5.74) is 7.10. The van der Waals surface area contributed by atoms with E-state index in [0.29, 0.717) is 0 Å². The van der Waals surface area contributed by atoms with Gasteiger partial charge in [-0.15, -0.1) is 0 Å². The summed E-state index contributed by atoms with van der Waals surface area (Å²) < 4.78 is 1.68. The molecule has 1 aromatic carbocycles. The van der Waals surface area contributed by atoms with Crippen molar-refractivity contribution in [3.05, 3.63) is 30.0 Å². The molecule has 0 aliphatic heterocycles. The fourth-order valence-corrected chi connectivity index (χ4v) is 1.67. The first-order valence-corrected chi connectivity index (χ1v) is 4.54. The Labute approximate surface area is 81.9 Å². The molecule has 0 saturated heterocycles. The molecule has 0 aliphatic rings. The summed E-state index contributed by atoms with van der Waals surface area (Å²) in [5, 5.41) is 15.0. The highest BCUT2D eigenvalue weighted by Crippen LogP contribution is 2.22. The predicted molar refractivity (Wildman–Crippen MR) is 54.7 cm³/mol. The van der Waals surface area contributed by atoms with Crippen LogP contribution in [0.3, 0.4) is 0 Å². The van der Waals surface area contributed by atoms with Gasteiger partial charge in [-0.2, -0.15) is 5.10 Å². The Morgan fingerprint density at radius 1 is 1.50 bits per heavy atom. The van der Waals surface area contributed by atoms with Crippen molar-refractivity contribution in [2.75, 3.05) is 6.54 Å². The molecule has 4 nitrogen and oxygen atoms in total. The first-order valence-electron chi connectivity index (χ1n) is 4.54. The van der Waals surface area contributed by atoms with E-state index in [1.807, 2.05) is 31.3 Å². The Morgan fingerprint density at radius 2 is 2.21 bits per heavy atom.